The van der Waals surface area contributed by atoms with Crippen molar-refractivity contribution in [3.63, 3.8) is 0 Å². The van der Waals surface area contributed by atoms with Gasteiger partial charge in [0.25, 0.3) is 5.91 Å². The maximum absolute atomic E-state index is 12.3. The first-order valence-corrected chi connectivity index (χ1v) is 9.52. The van der Waals surface area contributed by atoms with Crippen LogP contribution in [0.5, 0.6) is 0 Å². The largest absolute Gasteiger partial charge is 0.452 e. The number of carbonyl (C=O) groups is 3. The third-order valence-corrected chi connectivity index (χ3v) is 5.71. The molecular formula is C20H22N4O4. The monoisotopic (exact) mass is 382 g/mol. The number of nitrogens with zero attached hydrogens (tertiary/aromatic N) is 2. The zero-order valence-corrected chi connectivity index (χ0v) is 15.7. The maximum atomic E-state index is 12.3. The third-order valence-electron chi connectivity index (χ3n) is 5.71. The fraction of sp³-hybridized carbons (Fsp3) is 0.500. The van der Waals surface area contributed by atoms with Crippen molar-refractivity contribution in [2.45, 2.75) is 44.2 Å². The number of amides is 2. The number of hydrogen-bond donors (Lipinski definition) is 2. The van der Waals surface area contributed by atoms with Gasteiger partial charge in [0, 0.05) is 6.54 Å². The molecule has 0 unspecified atom stereocenters. The van der Waals surface area contributed by atoms with Crippen molar-refractivity contribution in [2.24, 2.45) is 5.92 Å². The van der Waals surface area contributed by atoms with Crippen LogP contribution in [0, 0.1) is 17.2 Å². The van der Waals surface area contributed by atoms with Crippen LogP contribution < -0.4 is 15.5 Å². The Morgan fingerprint density at radius 3 is 2.89 bits per heavy atom. The number of hydrogen-bond acceptors (Lipinski definition) is 6. The summed E-state index contributed by atoms with van der Waals surface area (Å²) in [6.07, 6.45) is 3.59. The molecule has 1 saturated carbocycles. The van der Waals surface area contributed by atoms with Gasteiger partial charge in [0.15, 0.2) is 6.61 Å². The average Bonchev–Trinajstić information content (AvgIpc) is 3.43. The predicted molar refractivity (Wildman–Crippen MR) is 101 cm³/mol. The molecule has 2 atom stereocenters. The van der Waals surface area contributed by atoms with Gasteiger partial charge in [-0.2, -0.15) is 5.26 Å². The normalized spacial score (nSPS) is 22.2. The molecule has 8 nitrogen and oxygen atoms in total. The fourth-order valence-electron chi connectivity index (χ4n) is 3.98. The van der Waals surface area contributed by atoms with Gasteiger partial charge in [-0.15, -0.1) is 0 Å². The summed E-state index contributed by atoms with van der Waals surface area (Å²) in [4.78, 5) is 38.7. The SMILES string of the molecule is C[C@](C#N)(NC(=O)COC(=O)c1ccc2c(c1)NC(=O)[C@@H]1CCCN21)C1CC1. The molecule has 1 aromatic rings. The summed E-state index contributed by atoms with van der Waals surface area (Å²) in [5, 5.41) is 14.8. The minimum absolute atomic E-state index is 0.0641. The Morgan fingerprint density at radius 2 is 2.18 bits per heavy atom. The summed E-state index contributed by atoms with van der Waals surface area (Å²) in [5.41, 5.74) is 0.805. The van der Waals surface area contributed by atoms with E-state index in [1.165, 1.54) is 0 Å². The number of carbonyl (C=O) groups excluding carboxylic acids is 3. The molecule has 1 aliphatic carbocycles. The van der Waals surface area contributed by atoms with Gasteiger partial charge in [-0.3, -0.25) is 9.59 Å². The molecule has 0 bridgehead atoms. The van der Waals surface area contributed by atoms with E-state index >= 15 is 0 Å². The summed E-state index contributed by atoms with van der Waals surface area (Å²) in [5.74, 6) is -1.07. The van der Waals surface area contributed by atoms with Crippen molar-refractivity contribution in [3.05, 3.63) is 23.8 Å². The van der Waals surface area contributed by atoms with Crippen LogP contribution in [0.15, 0.2) is 18.2 Å². The summed E-state index contributed by atoms with van der Waals surface area (Å²) in [6, 6.07) is 6.99. The highest BCUT2D eigenvalue weighted by Gasteiger charge is 2.43. The number of nitriles is 1. The van der Waals surface area contributed by atoms with Crippen LogP contribution in [0.25, 0.3) is 0 Å². The summed E-state index contributed by atoms with van der Waals surface area (Å²) in [7, 11) is 0. The van der Waals surface area contributed by atoms with Gasteiger partial charge >= 0.3 is 5.97 Å². The molecule has 2 N–H and O–H groups in total. The van der Waals surface area contributed by atoms with E-state index in [0.29, 0.717) is 5.69 Å². The molecule has 1 aromatic carbocycles. The highest BCUT2D eigenvalue weighted by molar-refractivity contribution is 6.05. The molecule has 1 saturated heterocycles. The molecule has 2 aliphatic heterocycles. The molecule has 146 valence electrons. The maximum Gasteiger partial charge on any atom is 0.338 e. The minimum Gasteiger partial charge on any atom is -0.452 e. The quantitative estimate of drug-likeness (QED) is 0.748. The fourth-order valence-corrected chi connectivity index (χ4v) is 3.98. The Labute approximate surface area is 162 Å². The van der Waals surface area contributed by atoms with E-state index in [4.69, 9.17) is 4.74 Å². The number of esters is 1. The first-order valence-electron chi connectivity index (χ1n) is 9.52. The zero-order chi connectivity index (χ0) is 19.9. The highest BCUT2D eigenvalue weighted by atomic mass is 16.5. The predicted octanol–water partition coefficient (Wildman–Crippen LogP) is 1.57. The van der Waals surface area contributed by atoms with Crippen LogP contribution in [0.2, 0.25) is 0 Å². The molecule has 0 aromatic heterocycles. The molecule has 4 rings (SSSR count). The van der Waals surface area contributed by atoms with E-state index in [0.717, 1.165) is 37.9 Å². The van der Waals surface area contributed by atoms with Crippen LogP contribution in [0.1, 0.15) is 43.0 Å². The molecule has 2 fully saturated rings. The lowest BCUT2D eigenvalue weighted by Gasteiger charge is -2.33. The van der Waals surface area contributed by atoms with Crippen LogP contribution in [0.4, 0.5) is 11.4 Å². The van der Waals surface area contributed by atoms with Crippen molar-refractivity contribution in [1.29, 1.82) is 5.26 Å². The highest BCUT2D eigenvalue weighted by Crippen LogP contribution is 2.39. The minimum atomic E-state index is -0.925. The lowest BCUT2D eigenvalue weighted by molar-refractivity contribution is -0.125. The second kappa shape index (κ2) is 6.82. The van der Waals surface area contributed by atoms with Gasteiger partial charge in [-0.25, -0.2) is 4.79 Å². The second-order valence-electron chi connectivity index (χ2n) is 7.79. The van der Waals surface area contributed by atoms with Crippen molar-refractivity contribution in [3.8, 4) is 6.07 Å². The first-order chi connectivity index (χ1) is 13.4. The second-order valence-corrected chi connectivity index (χ2v) is 7.79. The van der Waals surface area contributed by atoms with E-state index in [1.807, 2.05) is 0 Å². The molecular weight excluding hydrogens is 360 g/mol. The summed E-state index contributed by atoms with van der Waals surface area (Å²) in [6.45, 7) is 2.04. The molecule has 0 spiro atoms. The summed E-state index contributed by atoms with van der Waals surface area (Å²) < 4.78 is 5.10. The van der Waals surface area contributed by atoms with E-state index in [-0.39, 0.29) is 23.4 Å². The van der Waals surface area contributed by atoms with Gasteiger partial charge in [0.1, 0.15) is 11.6 Å². The van der Waals surface area contributed by atoms with Gasteiger partial charge in [0.05, 0.1) is 23.0 Å². The topological polar surface area (TPSA) is 112 Å². The smallest absolute Gasteiger partial charge is 0.338 e. The lowest BCUT2D eigenvalue weighted by Crippen LogP contribution is -2.48. The van der Waals surface area contributed by atoms with Gasteiger partial charge in [-0.1, -0.05) is 0 Å². The van der Waals surface area contributed by atoms with Crippen LogP contribution in [-0.4, -0.2) is 42.5 Å². The van der Waals surface area contributed by atoms with E-state index in [2.05, 4.69) is 21.6 Å². The number of rotatable bonds is 5. The van der Waals surface area contributed by atoms with E-state index in [9.17, 15) is 19.6 Å². The number of ether oxygens (including phenoxy) is 1. The summed E-state index contributed by atoms with van der Waals surface area (Å²) >= 11 is 0. The van der Waals surface area contributed by atoms with Gasteiger partial charge < -0.3 is 20.3 Å². The molecule has 3 aliphatic rings. The van der Waals surface area contributed by atoms with Gasteiger partial charge in [-0.05, 0) is 56.7 Å². The Hall–Kier alpha value is -3.08. The molecule has 2 heterocycles. The van der Waals surface area contributed by atoms with Crippen molar-refractivity contribution < 1.29 is 19.1 Å². The standard InChI is InChI=1S/C20H22N4O4/c1-20(11-21,13-5-6-13)23-17(25)10-28-19(27)12-4-7-15-14(9-12)22-18(26)16-3-2-8-24(15)16/h4,7,9,13,16H,2-3,5-6,8,10H2,1H3,(H,22,26)(H,23,25)/t16-,20+/m0/s1. The first kappa shape index (κ1) is 18.3. The Kier molecular flexibility index (Phi) is 4.46. The van der Waals surface area contributed by atoms with Crippen LogP contribution >= 0.6 is 0 Å². The van der Waals surface area contributed by atoms with Gasteiger partial charge in [0.2, 0.25) is 5.91 Å². The van der Waals surface area contributed by atoms with Crippen molar-refractivity contribution >= 4 is 29.2 Å². The zero-order valence-electron chi connectivity index (χ0n) is 15.7. The third kappa shape index (κ3) is 3.28. The molecule has 28 heavy (non-hydrogen) atoms. The Balaban J connectivity index is 1.39. The Bertz CT molecular complexity index is 889. The number of anilines is 2. The van der Waals surface area contributed by atoms with Crippen LogP contribution in [-0.2, 0) is 14.3 Å². The molecule has 8 heteroatoms. The molecule has 0 radical (unpaired) electrons. The van der Waals surface area contributed by atoms with E-state index in [1.54, 1.807) is 25.1 Å². The number of nitrogens with one attached hydrogen (secondary N) is 2. The Morgan fingerprint density at radius 1 is 1.39 bits per heavy atom. The lowest BCUT2D eigenvalue weighted by atomic mass is 9.98. The average molecular weight is 382 g/mol. The van der Waals surface area contributed by atoms with Crippen molar-refractivity contribution in [1.82, 2.24) is 5.32 Å². The molecule has 2 amide bonds. The number of benzene rings is 1. The van der Waals surface area contributed by atoms with Crippen LogP contribution in [0.3, 0.4) is 0 Å². The van der Waals surface area contributed by atoms with Crippen molar-refractivity contribution in [2.75, 3.05) is 23.4 Å². The number of fused-ring (bicyclic) bond motifs is 3. The van der Waals surface area contributed by atoms with E-state index < -0.39 is 24.0 Å².